The van der Waals surface area contributed by atoms with Gasteiger partial charge in [0.1, 0.15) is 11.4 Å². The third-order valence-corrected chi connectivity index (χ3v) is 6.23. The van der Waals surface area contributed by atoms with Gasteiger partial charge in [0.2, 0.25) is 0 Å². The van der Waals surface area contributed by atoms with Crippen LogP contribution in [0.2, 0.25) is 0 Å². The van der Waals surface area contributed by atoms with Crippen molar-refractivity contribution in [3.8, 4) is 33.2 Å². The molecule has 0 aliphatic carbocycles. The lowest BCUT2D eigenvalue weighted by molar-refractivity contribution is 1.11. The smallest absolute Gasteiger partial charge is 0.116 e. The molecule has 0 radical (unpaired) electrons. The number of aryl methyl sites for hydroxylation is 1. The molecule has 0 unspecified atom stereocenters. The van der Waals surface area contributed by atoms with Crippen molar-refractivity contribution in [3.05, 3.63) is 72.1 Å². The van der Waals surface area contributed by atoms with Crippen molar-refractivity contribution in [1.29, 1.82) is 0 Å². The summed E-state index contributed by atoms with van der Waals surface area (Å²) in [6.07, 6.45) is 6.83. The Hall–Kier alpha value is -3.84. The van der Waals surface area contributed by atoms with Crippen LogP contribution in [0.4, 0.5) is 0 Å². The number of fused-ring (bicyclic) bond motifs is 2. The van der Waals surface area contributed by atoms with Crippen LogP contribution < -0.4 is 0 Å². The number of benzene rings is 1. The van der Waals surface area contributed by atoms with Gasteiger partial charge in [-0.2, -0.15) is 5.10 Å². The Labute approximate surface area is 175 Å². The van der Waals surface area contributed by atoms with Crippen LogP contribution in [0.5, 0.6) is 0 Å². The van der Waals surface area contributed by atoms with Crippen LogP contribution in [0.1, 0.15) is 4.88 Å². The monoisotopic (exact) mass is 408 g/mol. The molecule has 0 saturated heterocycles. The fourth-order valence-corrected chi connectivity index (χ4v) is 4.68. The van der Waals surface area contributed by atoms with Crippen molar-refractivity contribution in [3.63, 3.8) is 0 Å². The van der Waals surface area contributed by atoms with Gasteiger partial charge in [-0.15, -0.1) is 11.3 Å². The zero-order valence-electron chi connectivity index (χ0n) is 16.0. The fourth-order valence-electron chi connectivity index (χ4n) is 3.77. The highest BCUT2D eigenvalue weighted by Crippen LogP contribution is 2.36. The van der Waals surface area contributed by atoms with Crippen molar-refractivity contribution in [1.82, 2.24) is 30.1 Å². The highest BCUT2D eigenvalue weighted by atomic mass is 32.1. The van der Waals surface area contributed by atoms with Crippen LogP contribution in [0.25, 0.3) is 55.0 Å². The first-order chi connectivity index (χ1) is 14.8. The summed E-state index contributed by atoms with van der Waals surface area (Å²) in [5.74, 6) is 0. The van der Waals surface area contributed by atoms with Crippen LogP contribution in [0.15, 0.2) is 67.3 Å². The third kappa shape index (κ3) is 2.71. The van der Waals surface area contributed by atoms with E-state index in [1.807, 2.05) is 17.4 Å². The van der Waals surface area contributed by atoms with Crippen LogP contribution in [-0.2, 0) is 0 Å². The lowest BCUT2D eigenvalue weighted by atomic mass is 10.1. The van der Waals surface area contributed by atoms with E-state index in [1.54, 1.807) is 24.8 Å². The number of hydrogen-bond acceptors (Lipinski definition) is 5. The molecular weight excluding hydrogens is 392 g/mol. The molecule has 0 aliphatic rings. The van der Waals surface area contributed by atoms with Crippen molar-refractivity contribution in [2.24, 2.45) is 0 Å². The standard InChI is InChI=1S/C23H16N6S/c1-13-5-6-22(30-13)14-3-2-4-17-15(14)9-19(27-17)23-16-10-18(21-11-24-7-8-25-21)26-12-20(16)28-29-23/h2-12,27H,1H3,(H,28,29). The lowest BCUT2D eigenvalue weighted by Gasteiger charge is -2.00. The van der Waals surface area contributed by atoms with E-state index in [2.05, 4.69) is 73.5 Å². The van der Waals surface area contributed by atoms with E-state index in [-0.39, 0.29) is 0 Å². The summed E-state index contributed by atoms with van der Waals surface area (Å²) >= 11 is 1.81. The minimum atomic E-state index is 0.735. The molecule has 6 aromatic rings. The first-order valence-corrected chi connectivity index (χ1v) is 10.4. The lowest BCUT2D eigenvalue weighted by Crippen LogP contribution is -1.88. The molecule has 0 spiro atoms. The molecule has 144 valence electrons. The molecule has 0 bridgehead atoms. The zero-order valence-corrected chi connectivity index (χ0v) is 16.9. The van der Waals surface area contributed by atoms with Crippen molar-refractivity contribution in [2.75, 3.05) is 0 Å². The molecule has 1 aromatic carbocycles. The molecule has 0 aliphatic heterocycles. The second kappa shape index (κ2) is 6.60. The number of pyridine rings is 1. The zero-order chi connectivity index (χ0) is 20.1. The summed E-state index contributed by atoms with van der Waals surface area (Å²) in [6.45, 7) is 2.13. The van der Waals surface area contributed by atoms with Crippen molar-refractivity contribution >= 4 is 33.1 Å². The van der Waals surface area contributed by atoms with Gasteiger partial charge in [-0.05, 0) is 37.3 Å². The number of aromatic amines is 2. The quantitative estimate of drug-likeness (QED) is 0.399. The summed E-state index contributed by atoms with van der Waals surface area (Å²) in [5, 5.41) is 9.85. The number of thiophene rings is 1. The number of H-pyrrole nitrogens is 2. The second-order valence-corrected chi connectivity index (χ2v) is 8.43. The maximum Gasteiger partial charge on any atom is 0.116 e. The van der Waals surface area contributed by atoms with Gasteiger partial charge in [-0.25, -0.2) is 0 Å². The molecule has 0 fully saturated rings. The molecule has 6 rings (SSSR count). The molecule has 0 atom stereocenters. The maximum atomic E-state index is 4.57. The fraction of sp³-hybridized carbons (Fsp3) is 0.0435. The summed E-state index contributed by atoms with van der Waals surface area (Å²) in [4.78, 5) is 19.1. The highest BCUT2D eigenvalue weighted by Gasteiger charge is 2.15. The topological polar surface area (TPSA) is 83.1 Å². The Morgan fingerprint density at radius 3 is 2.67 bits per heavy atom. The van der Waals surface area contributed by atoms with Crippen molar-refractivity contribution in [2.45, 2.75) is 6.92 Å². The first-order valence-electron chi connectivity index (χ1n) is 9.56. The van der Waals surface area contributed by atoms with Gasteiger partial charge in [-0.3, -0.25) is 20.1 Å². The largest absolute Gasteiger partial charge is 0.353 e. The van der Waals surface area contributed by atoms with Gasteiger partial charge in [0.25, 0.3) is 0 Å². The van der Waals surface area contributed by atoms with E-state index in [0.717, 1.165) is 39.2 Å². The minimum absolute atomic E-state index is 0.735. The number of aromatic nitrogens is 6. The number of nitrogens with one attached hydrogen (secondary N) is 2. The normalized spacial score (nSPS) is 11.5. The van der Waals surface area contributed by atoms with Gasteiger partial charge in [0.05, 0.1) is 29.3 Å². The van der Waals surface area contributed by atoms with Gasteiger partial charge in [0, 0.05) is 44.0 Å². The first kappa shape index (κ1) is 17.1. The molecule has 30 heavy (non-hydrogen) atoms. The Morgan fingerprint density at radius 2 is 1.83 bits per heavy atom. The van der Waals surface area contributed by atoms with Crippen LogP contribution in [-0.4, -0.2) is 30.1 Å². The SMILES string of the molecule is Cc1ccc(-c2cccc3[nH]c(-c4n[nH]c5cnc(-c6cnccn6)cc45)cc23)s1. The molecule has 5 aromatic heterocycles. The van der Waals surface area contributed by atoms with Gasteiger partial charge in [-0.1, -0.05) is 12.1 Å². The summed E-state index contributed by atoms with van der Waals surface area (Å²) < 4.78 is 0. The van der Waals surface area contributed by atoms with Crippen LogP contribution >= 0.6 is 11.3 Å². The Morgan fingerprint density at radius 1 is 0.867 bits per heavy atom. The van der Waals surface area contributed by atoms with Crippen LogP contribution in [0.3, 0.4) is 0 Å². The molecule has 6 nitrogen and oxygen atoms in total. The summed E-state index contributed by atoms with van der Waals surface area (Å²) in [5.41, 5.74) is 6.53. The minimum Gasteiger partial charge on any atom is -0.353 e. The van der Waals surface area contributed by atoms with E-state index in [1.165, 1.54) is 20.7 Å². The summed E-state index contributed by atoms with van der Waals surface area (Å²) in [6, 6.07) is 14.9. The molecule has 0 saturated carbocycles. The Balaban J connectivity index is 1.52. The van der Waals surface area contributed by atoms with Gasteiger partial charge >= 0.3 is 0 Å². The van der Waals surface area contributed by atoms with E-state index in [9.17, 15) is 0 Å². The second-order valence-electron chi connectivity index (χ2n) is 7.14. The van der Waals surface area contributed by atoms with E-state index in [0.29, 0.717) is 0 Å². The Kier molecular flexibility index (Phi) is 3.75. The average Bonchev–Trinajstić information content (AvgIpc) is 3.51. The van der Waals surface area contributed by atoms with Crippen LogP contribution in [0, 0.1) is 6.92 Å². The predicted octanol–water partition coefficient (Wildman–Crippen LogP) is 5.60. The number of rotatable bonds is 3. The van der Waals surface area contributed by atoms with Gasteiger partial charge < -0.3 is 4.98 Å². The molecule has 7 heteroatoms. The van der Waals surface area contributed by atoms with E-state index < -0.39 is 0 Å². The Bertz CT molecular complexity index is 1510. The number of hydrogen-bond donors (Lipinski definition) is 2. The number of nitrogens with zero attached hydrogens (tertiary/aromatic N) is 4. The molecule has 2 N–H and O–H groups in total. The predicted molar refractivity (Wildman–Crippen MR) is 120 cm³/mol. The van der Waals surface area contributed by atoms with E-state index >= 15 is 0 Å². The van der Waals surface area contributed by atoms with E-state index in [4.69, 9.17) is 0 Å². The third-order valence-electron chi connectivity index (χ3n) is 5.20. The molecular formula is C23H16N6S. The molecule has 5 heterocycles. The van der Waals surface area contributed by atoms with Crippen molar-refractivity contribution < 1.29 is 0 Å². The molecule has 0 amide bonds. The maximum absolute atomic E-state index is 4.57. The summed E-state index contributed by atoms with van der Waals surface area (Å²) in [7, 11) is 0. The average molecular weight is 408 g/mol. The highest BCUT2D eigenvalue weighted by molar-refractivity contribution is 7.15. The van der Waals surface area contributed by atoms with Gasteiger partial charge in [0.15, 0.2) is 0 Å².